The van der Waals surface area contributed by atoms with Crippen molar-refractivity contribution in [3.05, 3.63) is 69.3 Å². The van der Waals surface area contributed by atoms with E-state index in [2.05, 4.69) is 18.0 Å². The third kappa shape index (κ3) is 2.21. The minimum absolute atomic E-state index is 0.0960. The van der Waals surface area contributed by atoms with Crippen molar-refractivity contribution in [1.29, 1.82) is 0 Å². The fourth-order valence-corrected chi connectivity index (χ4v) is 7.11. The second-order valence-electron chi connectivity index (χ2n) is 9.56. The highest BCUT2D eigenvalue weighted by atomic mass is 16.6. The van der Waals surface area contributed by atoms with Gasteiger partial charge in [-0.25, -0.2) is 0 Å². The van der Waals surface area contributed by atoms with Crippen molar-refractivity contribution in [1.82, 2.24) is 4.90 Å². The Balaban J connectivity index is 1.69. The second kappa shape index (κ2) is 6.51. The summed E-state index contributed by atoms with van der Waals surface area (Å²) >= 11 is 0. The van der Waals surface area contributed by atoms with E-state index in [0.717, 1.165) is 30.5 Å². The Labute approximate surface area is 185 Å². The number of allylic oxidation sites excluding steroid dienone is 1. The van der Waals surface area contributed by atoms with E-state index in [9.17, 15) is 20.3 Å². The molecule has 2 fully saturated rings. The van der Waals surface area contributed by atoms with Crippen LogP contribution in [0, 0.1) is 21.4 Å². The van der Waals surface area contributed by atoms with Crippen LogP contribution in [0.1, 0.15) is 18.4 Å². The molecule has 7 atom stereocenters. The highest BCUT2D eigenvalue weighted by Crippen LogP contribution is 2.70. The van der Waals surface area contributed by atoms with Gasteiger partial charge in [-0.2, -0.15) is 0 Å². The van der Waals surface area contributed by atoms with E-state index in [1.165, 1.54) is 13.2 Å². The molecule has 2 N–H and O–H groups in total. The molecule has 2 saturated heterocycles. The number of likely N-dealkylation sites (tertiary alicyclic amines) is 1. The number of hydrogen-bond donors (Lipinski definition) is 2. The van der Waals surface area contributed by atoms with E-state index in [1.807, 2.05) is 6.08 Å². The summed E-state index contributed by atoms with van der Waals surface area (Å²) in [4.78, 5) is 14.0. The van der Waals surface area contributed by atoms with Gasteiger partial charge in [0, 0.05) is 23.4 Å². The minimum Gasteiger partial charge on any atom is -0.497 e. The molecule has 3 aliphatic carbocycles. The maximum absolute atomic E-state index is 12.1. The summed E-state index contributed by atoms with van der Waals surface area (Å²) in [5, 5.41) is 34.6. The summed E-state index contributed by atoms with van der Waals surface area (Å²) in [5.74, 6) is 0.547. The zero-order valence-electron chi connectivity index (χ0n) is 18.0. The van der Waals surface area contributed by atoms with Crippen LogP contribution in [0.25, 0.3) is 0 Å². The molecule has 2 heterocycles. The van der Waals surface area contributed by atoms with Gasteiger partial charge in [-0.15, -0.1) is 0 Å². The molecule has 1 aromatic carbocycles. The molecule has 0 amide bonds. The monoisotopic (exact) mass is 438 g/mol. The number of aliphatic hydroxyl groups excluding tert-OH is 2. The first-order chi connectivity index (χ1) is 15.3. The Morgan fingerprint density at radius 2 is 2.09 bits per heavy atom. The summed E-state index contributed by atoms with van der Waals surface area (Å²) < 4.78 is 12.1. The Morgan fingerprint density at radius 1 is 1.28 bits per heavy atom. The standard InChI is InChI=1S/C24H26N2O6/c1-25-10-9-23-15-5-7-19(27)22(23)32-24(16-12-14(31-2)4-6-17(16)26(29)30)20(28)8-3-13(21(23)24)11-18(15)25/h3-8,12,15,18-20,22,27-28H,9-11H2,1-2H3/t15-,18+,19-,20?,22-,23-,24?/m0/s1. The Hall–Kier alpha value is -2.52. The molecule has 8 nitrogen and oxygen atoms in total. The SMILES string of the molecule is COc1ccc([N+](=O)[O-])c(C23O[C@H]4[C@@H](O)C=C[C@H]5[C@H]6CC(=C2[C@]54CCN6C)C=CC3O)c1. The van der Waals surface area contributed by atoms with Crippen LogP contribution in [0.15, 0.2) is 53.6 Å². The molecule has 2 aliphatic heterocycles. The van der Waals surface area contributed by atoms with Crippen molar-refractivity contribution in [3.63, 3.8) is 0 Å². The lowest BCUT2D eigenvalue weighted by Crippen LogP contribution is -2.62. The summed E-state index contributed by atoms with van der Waals surface area (Å²) in [6.07, 6.45) is 6.42. The van der Waals surface area contributed by atoms with E-state index < -0.39 is 34.3 Å². The summed E-state index contributed by atoms with van der Waals surface area (Å²) in [6.45, 7) is 0.828. The Kier molecular flexibility index (Phi) is 4.09. The van der Waals surface area contributed by atoms with E-state index >= 15 is 0 Å². The van der Waals surface area contributed by atoms with Gasteiger partial charge in [0.25, 0.3) is 5.69 Å². The number of nitrogens with zero attached hydrogens (tertiary/aromatic N) is 2. The van der Waals surface area contributed by atoms with Gasteiger partial charge in [-0.1, -0.05) is 24.3 Å². The van der Waals surface area contributed by atoms with Gasteiger partial charge in [0.15, 0.2) is 5.60 Å². The topological polar surface area (TPSA) is 105 Å². The first-order valence-corrected chi connectivity index (χ1v) is 11.0. The molecule has 5 aliphatic rings. The van der Waals surface area contributed by atoms with Crippen LogP contribution in [-0.2, 0) is 10.3 Å². The molecule has 2 unspecified atom stereocenters. The lowest BCUT2D eigenvalue weighted by atomic mass is 9.50. The molecular weight excluding hydrogens is 412 g/mol. The van der Waals surface area contributed by atoms with Crippen molar-refractivity contribution >= 4 is 5.69 Å². The minimum atomic E-state index is -1.45. The predicted octanol–water partition coefficient (Wildman–Crippen LogP) is 2.07. The molecule has 0 saturated carbocycles. The number of ether oxygens (including phenoxy) is 2. The molecule has 0 aromatic heterocycles. The van der Waals surface area contributed by atoms with Crippen molar-refractivity contribution < 1.29 is 24.6 Å². The van der Waals surface area contributed by atoms with E-state index in [4.69, 9.17) is 9.47 Å². The Bertz CT molecular complexity index is 1110. The van der Waals surface area contributed by atoms with E-state index in [1.54, 1.807) is 24.3 Å². The van der Waals surface area contributed by atoms with E-state index in [-0.39, 0.29) is 23.2 Å². The summed E-state index contributed by atoms with van der Waals surface area (Å²) in [7, 11) is 3.62. The van der Waals surface area contributed by atoms with E-state index in [0.29, 0.717) is 5.75 Å². The van der Waals surface area contributed by atoms with Crippen LogP contribution >= 0.6 is 0 Å². The second-order valence-corrected chi connectivity index (χ2v) is 9.56. The number of piperidine rings is 1. The van der Waals surface area contributed by atoms with Gasteiger partial charge in [-0.3, -0.25) is 10.1 Å². The third-order valence-electron chi connectivity index (χ3n) is 8.38. The van der Waals surface area contributed by atoms with Gasteiger partial charge < -0.3 is 24.6 Å². The fraction of sp³-hybridized carbons (Fsp3) is 0.500. The van der Waals surface area contributed by atoms with Gasteiger partial charge in [0.05, 0.1) is 29.8 Å². The number of nitro benzene ring substituents is 1. The average Bonchev–Trinajstić information content (AvgIpc) is 3.11. The molecule has 168 valence electrons. The number of benzene rings is 1. The van der Waals surface area contributed by atoms with Gasteiger partial charge in [0.1, 0.15) is 11.9 Å². The van der Waals surface area contributed by atoms with Crippen LogP contribution in [-0.4, -0.2) is 65.1 Å². The average molecular weight is 438 g/mol. The number of hydrogen-bond acceptors (Lipinski definition) is 7. The lowest BCUT2D eigenvalue weighted by Gasteiger charge is -2.58. The molecule has 1 spiro atoms. The normalized spacial score (nSPS) is 41.6. The highest BCUT2D eigenvalue weighted by molar-refractivity contribution is 5.61. The predicted molar refractivity (Wildman–Crippen MR) is 115 cm³/mol. The van der Waals surface area contributed by atoms with Gasteiger partial charge in [-0.05, 0) is 49.7 Å². The molecule has 1 aromatic rings. The maximum Gasteiger partial charge on any atom is 0.276 e. The van der Waals surface area contributed by atoms with Crippen LogP contribution < -0.4 is 4.74 Å². The molecule has 0 radical (unpaired) electrons. The first-order valence-electron chi connectivity index (χ1n) is 11.0. The van der Waals surface area contributed by atoms with Crippen LogP contribution in [0.3, 0.4) is 0 Å². The van der Waals surface area contributed by atoms with Crippen molar-refractivity contribution in [2.45, 2.75) is 42.8 Å². The van der Waals surface area contributed by atoms with Crippen LogP contribution in [0.2, 0.25) is 0 Å². The molecule has 6 rings (SSSR count). The first kappa shape index (κ1) is 20.1. The molecule has 32 heavy (non-hydrogen) atoms. The van der Waals surface area contributed by atoms with Gasteiger partial charge >= 0.3 is 0 Å². The van der Waals surface area contributed by atoms with Crippen LogP contribution in [0.4, 0.5) is 5.69 Å². The summed E-state index contributed by atoms with van der Waals surface area (Å²) in [5.41, 5.74) is 0.123. The highest BCUT2D eigenvalue weighted by Gasteiger charge is 2.72. The zero-order chi connectivity index (χ0) is 22.4. The van der Waals surface area contributed by atoms with Gasteiger partial charge in [0.2, 0.25) is 0 Å². The largest absolute Gasteiger partial charge is 0.497 e. The third-order valence-corrected chi connectivity index (χ3v) is 8.38. The molecule has 8 heteroatoms. The smallest absolute Gasteiger partial charge is 0.276 e. The zero-order valence-corrected chi connectivity index (χ0v) is 18.0. The number of aliphatic hydroxyl groups is 2. The fourth-order valence-electron chi connectivity index (χ4n) is 7.11. The van der Waals surface area contributed by atoms with Crippen LogP contribution in [0.5, 0.6) is 5.75 Å². The quantitative estimate of drug-likeness (QED) is 0.423. The Morgan fingerprint density at radius 3 is 2.84 bits per heavy atom. The maximum atomic E-state index is 12.1. The van der Waals surface area contributed by atoms with Crippen molar-refractivity contribution in [3.8, 4) is 5.75 Å². The lowest BCUT2D eigenvalue weighted by molar-refractivity contribution is -0.387. The molecular formula is C24H26N2O6. The number of methoxy groups -OCH3 is 1. The summed E-state index contributed by atoms with van der Waals surface area (Å²) in [6, 6.07) is 4.80. The molecule has 2 bridgehead atoms. The van der Waals surface area contributed by atoms with Crippen molar-refractivity contribution in [2.75, 3.05) is 20.7 Å². The number of rotatable bonds is 3. The number of nitro groups is 1. The van der Waals surface area contributed by atoms with Crippen molar-refractivity contribution in [2.24, 2.45) is 11.3 Å².